The van der Waals surface area contributed by atoms with Crippen LogP contribution in [0.1, 0.15) is 207 Å². The van der Waals surface area contributed by atoms with Gasteiger partial charge in [-0.25, -0.2) is 0 Å². The second kappa shape index (κ2) is 17.1. The molecule has 81 heavy (non-hydrogen) atoms. The lowest BCUT2D eigenvalue weighted by Gasteiger charge is -2.47. The lowest BCUT2D eigenvalue weighted by atomic mass is 9.35. The number of para-hydroxylation sites is 2. The van der Waals surface area contributed by atoms with Crippen molar-refractivity contribution in [2.45, 2.75) is 205 Å². The third kappa shape index (κ3) is 7.81. The van der Waals surface area contributed by atoms with Crippen LogP contribution in [0.3, 0.4) is 0 Å². The van der Waals surface area contributed by atoms with E-state index in [1.807, 2.05) is 0 Å². The minimum absolute atomic E-state index is 0.00193. The van der Waals surface area contributed by atoms with Crippen LogP contribution in [0.15, 0.2) is 138 Å². The number of anilines is 9. The Balaban J connectivity index is 1.17. The lowest BCUT2D eigenvalue weighted by molar-refractivity contribution is 0.332. The van der Waals surface area contributed by atoms with E-state index in [2.05, 4.69) is 259 Å². The van der Waals surface area contributed by atoms with Gasteiger partial charge in [-0.15, -0.1) is 0 Å². The Hall–Kier alpha value is -6.46. The van der Waals surface area contributed by atoms with Gasteiger partial charge in [0, 0.05) is 45.2 Å². The summed E-state index contributed by atoms with van der Waals surface area (Å²) in [7, 11) is 0. The largest absolute Gasteiger partial charge is 0.468 e. The monoisotopic (exact) mass is 1070 g/mol. The number of hydrogen-bond acceptors (Lipinski definition) is 4. The molecule has 7 aromatic carbocycles. The van der Waals surface area contributed by atoms with Crippen molar-refractivity contribution in [1.29, 1.82) is 0 Å². The first kappa shape index (κ1) is 52.6. The van der Waals surface area contributed by atoms with Gasteiger partial charge in [-0.3, -0.25) is 0 Å². The summed E-state index contributed by atoms with van der Waals surface area (Å²) >= 11 is 0. The molecular weight excluding hydrogens is 982 g/mol. The van der Waals surface area contributed by atoms with Crippen molar-refractivity contribution in [2.75, 3.05) is 14.7 Å². The number of hydrogen-bond donors (Lipinski definition) is 0. The maximum atomic E-state index is 7.91. The summed E-state index contributed by atoms with van der Waals surface area (Å²) < 4.78 is 7.91. The molecule has 0 bridgehead atoms. The highest BCUT2D eigenvalue weighted by Gasteiger charge is 2.51. The van der Waals surface area contributed by atoms with Gasteiger partial charge in [0.05, 0.1) is 17.0 Å². The van der Waals surface area contributed by atoms with Gasteiger partial charge in [0.2, 0.25) is 0 Å². The molecule has 1 aromatic heterocycles. The van der Waals surface area contributed by atoms with E-state index in [1.54, 1.807) is 0 Å². The highest BCUT2D eigenvalue weighted by atomic mass is 16.3. The van der Waals surface area contributed by atoms with Gasteiger partial charge in [-0.05, 0) is 229 Å². The van der Waals surface area contributed by atoms with E-state index in [0.29, 0.717) is 0 Å². The third-order valence-corrected chi connectivity index (χ3v) is 22.1. The van der Waals surface area contributed by atoms with Gasteiger partial charge >= 0.3 is 0 Å². The molecule has 0 N–H and O–H groups in total. The molecule has 0 saturated carbocycles. The van der Waals surface area contributed by atoms with E-state index < -0.39 is 0 Å². The second-order valence-corrected chi connectivity index (χ2v) is 31.2. The average molecular weight is 1070 g/mol. The van der Waals surface area contributed by atoms with Crippen LogP contribution in [-0.4, -0.2) is 6.71 Å². The van der Waals surface area contributed by atoms with Crippen LogP contribution in [0, 0.1) is 0 Å². The molecule has 0 saturated heterocycles. The van der Waals surface area contributed by atoms with Gasteiger partial charge in [0.15, 0.2) is 0 Å². The molecule has 5 heteroatoms. The molecular formula is C76H86BN3O. The summed E-state index contributed by atoms with van der Waals surface area (Å²) in [6.45, 7) is 39.4. The molecule has 0 atom stereocenters. The van der Waals surface area contributed by atoms with E-state index >= 15 is 0 Å². The van der Waals surface area contributed by atoms with Gasteiger partial charge < -0.3 is 19.1 Å². The molecule has 8 aromatic rings. The fourth-order valence-electron chi connectivity index (χ4n) is 16.3. The Kier molecular flexibility index (Phi) is 11.1. The number of rotatable bonds is 5. The van der Waals surface area contributed by atoms with Crippen LogP contribution in [0.2, 0.25) is 0 Å². The van der Waals surface area contributed by atoms with Crippen molar-refractivity contribution in [3.63, 3.8) is 0 Å². The summed E-state index contributed by atoms with van der Waals surface area (Å²) in [5.74, 6) is 0. The molecule has 0 fully saturated rings. The van der Waals surface area contributed by atoms with Gasteiger partial charge in [-0.1, -0.05) is 165 Å². The van der Waals surface area contributed by atoms with Crippen molar-refractivity contribution in [3.8, 4) is 0 Å². The summed E-state index contributed by atoms with van der Waals surface area (Å²) in [5.41, 5.74) is 27.1. The zero-order valence-corrected chi connectivity index (χ0v) is 51.7. The highest BCUT2D eigenvalue weighted by molar-refractivity contribution is 7.00. The quantitative estimate of drug-likeness (QED) is 0.160. The molecule has 2 aliphatic heterocycles. The Morgan fingerprint density at radius 2 is 0.741 bits per heavy atom. The number of fused-ring (bicyclic) bond motifs is 10. The summed E-state index contributed by atoms with van der Waals surface area (Å²) in [5, 5.41) is 1.20. The maximum absolute atomic E-state index is 7.91. The molecule has 0 spiro atoms. The van der Waals surface area contributed by atoms with Crippen LogP contribution in [0.5, 0.6) is 0 Å². The van der Waals surface area contributed by atoms with E-state index in [4.69, 9.17) is 4.42 Å². The van der Waals surface area contributed by atoms with E-state index in [9.17, 15) is 0 Å². The average Bonchev–Trinajstić information content (AvgIpc) is 4.09. The zero-order valence-electron chi connectivity index (χ0n) is 51.7. The van der Waals surface area contributed by atoms with Crippen LogP contribution >= 0.6 is 0 Å². The highest BCUT2D eigenvalue weighted by Crippen LogP contribution is 2.57. The predicted octanol–water partition coefficient (Wildman–Crippen LogP) is 19.4. The SMILES string of the molecule is CC1(C)CCC(C)(C)c2cc(N3c4cc5c(cc4B4c6oc7cc8c(cc7c6N(c6ccc7c(c6)C(C)(C)CCC7(C)C)c6cc(N(c7ccccc7)c7ccccc7)cc3c64)C(C)(C)CCC8(C)C)C(C)(C)CCC5(C)C)ccc21. The molecule has 3 heterocycles. The van der Waals surface area contributed by atoms with E-state index in [-0.39, 0.29) is 50.0 Å². The van der Waals surface area contributed by atoms with Crippen molar-refractivity contribution >= 4 is 85.5 Å². The Morgan fingerprint density at radius 1 is 0.358 bits per heavy atom. The van der Waals surface area contributed by atoms with E-state index in [1.165, 1.54) is 108 Å². The first-order valence-electron chi connectivity index (χ1n) is 30.9. The minimum atomic E-state index is -0.193. The fraction of sp³-hybridized carbons (Fsp3) is 0.421. The summed E-state index contributed by atoms with van der Waals surface area (Å²) in [4.78, 5) is 7.90. The Bertz CT molecular complexity index is 3880. The summed E-state index contributed by atoms with van der Waals surface area (Å²) in [6.07, 6.45) is 9.19. The smallest absolute Gasteiger partial charge is 0.297 e. The topological polar surface area (TPSA) is 22.9 Å². The molecule has 4 aliphatic carbocycles. The Morgan fingerprint density at radius 3 is 1.21 bits per heavy atom. The molecule has 0 amide bonds. The second-order valence-electron chi connectivity index (χ2n) is 31.2. The van der Waals surface area contributed by atoms with Crippen LogP contribution in [-0.2, 0) is 43.3 Å². The normalized spacial score (nSPS) is 21.2. The van der Waals surface area contributed by atoms with Gasteiger partial charge in [0.25, 0.3) is 6.71 Å². The molecule has 0 unspecified atom stereocenters. The zero-order chi connectivity index (χ0) is 56.9. The summed E-state index contributed by atoms with van der Waals surface area (Å²) in [6, 6.07) is 52.8. The molecule has 4 nitrogen and oxygen atoms in total. The van der Waals surface area contributed by atoms with Crippen molar-refractivity contribution < 1.29 is 4.42 Å². The standard InChI is InChI=1S/C76H86BN3O/c1-69(2)31-33-71(5,6)55-39-49(27-29-53(55)69)79-62-45-59-58(74(11,12)36-37-75(59,13)14)44-61(62)77-66-63(79)41-51(78(47-23-19-17-20-24-47)48-25-21-18-22-26-48)42-64(66)80(50-28-30-54-56(40-50)72(7,8)34-32-70(54,3)4)67-52-43-57-60(46-65(52)81-68(67)77)76(15,16)38-35-73(57,9)10/h17-30,39-46H,31-38H2,1-16H3. The third-order valence-electron chi connectivity index (χ3n) is 22.1. The van der Waals surface area contributed by atoms with Crippen LogP contribution < -0.4 is 31.3 Å². The first-order valence-corrected chi connectivity index (χ1v) is 30.9. The van der Waals surface area contributed by atoms with E-state index in [0.717, 1.165) is 66.8 Å². The first-order chi connectivity index (χ1) is 38.1. The molecule has 6 aliphatic rings. The maximum Gasteiger partial charge on any atom is 0.297 e. The number of benzene rings is 7. The van der Waals surface area contributed by atoms with Gasteiger partial charge in [0.1, 0.15) is 5.58 Å². The van der Waals surface area contributed by atoms with Gasteiger partial charge in [-0.2, -0.15) is 0 Å². The minimum Gasteiger partial charge on any atom is -0.468 e. The molecule has 0 radical (unpaired) electrons. The van der Waals surface area contributed by atoms with Crippen molar-refractivity contribution in [1.82, 2.24) is 0 Å². The predicted molar refractivity (Wildman–Crippen MR) is 346 cm³/mol. The van der Waals surface area contributed by atoms with Crippen LogP contribution in [0.25, 0.3) is 11.0 Å². The molecule has 414 valence electrons. The Labute approximate surface area is 485 Å². The lowest BCUT2D eigenvalue weighted by Crippen LogP contribution is -2.61. The van der Waals surface area contributed by atoms with Crippen molar-refractivity contribution in [2.24, 2.45) is 0 Å². The number of furan rings is 1. The van der Waals surface area contributed by atoms with Crippen LogP contribution in [0.4, 0.5) is 51.2 Å². The molecule has 14 rings (SSSR count). The fourth-order valence-corrected chi connectivity index (χ4v) is 16.3. The van der Waals surface area contributed by atoms with Crippen molar-refractivity contribution in [3.05, 3.63) is 178 Å². The number of nitrogens with zero attached hydrogens (tertiary/aromatic N) is 3.